The molecule has 0 unspecified atom stereocenters. The van der Waals surface area contributed by atoms with Crippen LogP contribution in [0.4, 0.5) is 0 Å². The highest BCUT2D eigenvalue weighted by molar-refractivity contribution is 6.20. The Morgan fingerprint density at radius 2 is 1.18 bits per heavy atom. The first-order chi connectivity index (χ1) is 24.0. The van der Waals surface area contributed by atoms with Crippen LogP contribution in [0.5, 0.6) is 0 Å². The number of furan rings is 1. The normalized spacial score (nSPS) is 12.0. The molecule has 0 aliphatic rings. The van der Waals surface area contributed by atoms with E-state index in [1.165, 1.54) is 27.9 Å². The van der Waals surface area contributed by atoms with Crippen molar-refractivity contribution in [1.29, 1.82) is 0 Å². The van der Waals surface area contributed by atoms with Gasteiger partial charge in [-0.1, -0.05) is 107 Å². The molecular weight excluding hydrogens is 603 g/mol. The molecule has 6 aromatic carbocycles. The Kier molecular flexibility index (Phi) is 6.76. The summed E-state index contributed by atoms with van der Waals surface area (Å²) in [7, 11) is 0. The van der Waals surface area contributed by atoms with Crippen LogP contribution in [0.25, 0.3) is 83.7 Å². The van der Waals surface area contributed by atoms with Crippen LogP contribution in [0.2, 0.25) is 0 Å². The Balaban J connectivity index is 1.40. The van der Waals surface area contributed by atoms with Crippen molar-refractivity contribution >= 4 is 44.1 Å². The maximum atomic E-state index is 6.74. The smallest absolute Gasteiger partial charge is 0.227 e. The summed E-state index contributed by atoms with van der Waals surface area (Å²) in [6, 6.07) is 44.1. The van der Waals surface area contributed by atoms with Crippen LogP contribution in [-0.2, 0) is 0 Å². The summed E-state index contributed by atoms with van der Waals surface area (Å²) in [6.45, 7) is 9.11. The molecule has 0 fully saturated rings. The minimum Gasteiger partial charge on any atom is -0.455 e. The fraction of sp³-hybridized carbons (Fsp3) is 0.136. The lowest BCUT2D eigenvalue weighted by atomic mass is 9.88. The molecule has 0 bridgehead atoms. The molecule has 3 heterocycles. The third kappa shape index (κ3) is 4.68. The van der Waals surface area contributed by atoms with Gasteiger partial charge in [0.1, 0.15) is 22.5 Å². The summed E-state index contributed by atoms with van der Waals surface area (Å²) in [6.07, 6.45) is 0. The number of benzene rings is 6. The van der Waals surface area contributed by atoms with E-state index in [1.54, 1.807) is 0 Å². The van der Waals surface area contributed by atoms with Crippen molar-refractivity contribution in [2.75, 3.05) is 0 Å². The number of hydrogen-bond acceptors (Lipinski definition) is 4. The fourth-order valence-corrected chi connectivity index (χ4v) is 7.19. The van der Waals surface area contributed by atoms with Crippen molar-refractivity contribution in [2.45, 2.75) is 39.5 Å². The summed E-state index contributed by atoms with van der Waals surface area (Å²) in [5, 5.41) is 1.89. The van der Waals surface area contributed by atoms with Crippen LogP contribution in [0, 0.1) is 0 Å². The molecule has 0 amide bonds. The number of rotatable bonds is 6. The quantitative estimate of drug-likeness (QED) is 0.182. The summed E-state index contributed by atoms with van der Waals surface area (Å²) in [5.41, 5.74) is 12.9. The molecule has 3 aromatic heterocycles. The van der Waals surface area contributed by atoms with Gasteiger partial charge in [0.25, 0.3) is 0 Å². The standard InChI is InChI=1S/C44H35N3O2/c1-26(2)32-23-30(28-15-7-5-8-16-28)24-33(27(3)4)40(32)47-37-21-13-12-20-35(37)45-43(47)34-25-36-42(49-44(46-36)29-17-9-6-10-18-29)39-31-19-11-14-22-38(31)48-41(34)39/h5-27H,1-4H3. The minimum atomic E-state index is 0.253. The van der Waals surface area contributed by atoms with Crippen molar-refractivity contribution in [3.05, 3.63) is 139 Å². The maximum Gasteiger partial charge on any atom is 0.227 e. The molecule has 0 atom stereocenters. The number of hydrogen-bond donors (Lipinski definition) is 0. The fourth-order valence-electron chi connectivity index (χ4n) is 7.19. The zero-order chi connectivity index (χ0) is 33.2. The molecule has 0 saturated heterocycles. The second kappa shape index (κ2) is 11.3. The number of oxazole rings is 1. The van der Waals surface area contributed by atoms with Gasteiger partial charge in [0.15, 0.2) is 5.58 Å². The van der Waals surface area contributed by atoms with Crippen molar-refractivity contribution in [2.24, 2.45) is 0 Å². The lowest BCUT2D eigenvalue weighted by Gasteiger charge is -2.24. The maximum absolute atomic E-state index is 6.74. The molecule has 9 aromatic rings. The molecule has 0 radical (unpaired) electrons. The predicted molar refractivity (Wildman–Crippen MR) is 200 cm³/mol. The van der Waals surface area contributed by atoms with Gasteiger partial charge in [-0.25, -0.2) is 9.97 Å². The van der Waals surface area contributed by atoms with Gasteiger partial charge >= 0.3 is 0 Å². The number of fused-ring (bicyclic) bond motifs is 6. The lowest BCUT2D eigenvalue weighted by Crippen LogP contribution is -2.09. The summed E-state index contributed by atoms with van der Waals surface area (Å²) in [4.78, 5) is 10.4. The molecular formula is C44H35N3O2. The minimum absolute atomic E-state index is 0.253. The highest BCUT2D eigenvalue weighted by Crippen LogP contribution is 2.45. The molecule has 5 heteroatoms. The molecule has 0 N–H and O–H groups in total. The van der Waals surface area contributed by atoms with Crippen molar-refractivity contribution in [3.8, 4) is 39.7 Å². The van der Waals surface area contributed by atoms with E-state index in [1.807, 2.05) is 48.5 Å². The van der Waals surface area contributed by atoms with Crippen LogP contribution < -0.4 is 0 Å². The van der Waals surface area contributed by atoms with Crippen molar-refractivity contribution < 1.29 is 8.83 Å². The molecule has 49 heavy (non-hydrogen) atoms. The Bertz CT molecular complexity index is 2630. The van der Waals surface area contributed by atoms with Gasteiger partial charge in [-0.3, -0.25) is 4.57 Å². The molecule has 0 spiro atoms. The first kappa shape index (κ1) is 29.2. The summed E-state index contributed by atoms with van der Waals surface area (Å²) in [5.74, 6) is 1.90. The van der Waals surface area contributed by atoms with E-state index >= 15 is 0 Å². The van der Waals surface area contributed by atoms with Crippen LogP contribution >= 0.6 is 0 Å². The molecule has 0 aliphatic carbocycles. The number of imidazole rings is 1. The van der Waals surface area contributed by atoms with E-state index < -0.39 is 0 Å². The van der Waals surface area contributed by atoms with Gasteiger partial charge < -0.3 is 8.83 Å². The van der Waals surface area contributed by atoms with E-state index in [-0.39, 0.29) is 11.8 Å². The monoisotopic (exact) mass is 637 g/mol. The third-order valence-electron chi connectivity index (χ3n) is 9.57. The van der Waals surface area contributed by atoms with Gasteiger partial charge in [0.2, 0.25) is 5.89 Å². The van der Waals surface area contributed by atoms with Gasteiger partial charge in [-0.15, -0.1) is 0 Å². The van der Waals surface area contributed by atoms with Crippen molar-refractivity contribution in [1.82, 2.24) is 14.5 Å². The Labute approximate surface area is 284 Å². The number of nitrogens with zero attached hydrogens (tertiary/aromatic N) is 3. The van der Waals surface area contributed by atoms with Gasteiger partial charge in [-0.05, 0) is 82.6 Å². The SMILES string of the molecule is CC(C)c1cc(-c2ccccc2)cc(C(C)C)c1-n1c(-c2cc3nc(-c4ccccc4)oc3c3c2oc2ccccc23)nc2ccccc21. The van der Waals surface area contributed by atoms with Crippen LogP contribution in [-0.4, -0.2) is 14.5 Å². The zero-order valence-corrected chi connectivity index (χ0v) is 27.9. The molecule has 0 saturated carbocycles. The molecule has 238 valence electrons. The second-order valence-electron chi connectivity index (χ2n) is 13.4. The van der Waals surface area contributed by atoms with E-state index in [4.69, 9.17) is 18.8 Å². The first-order valence-corrected chi connectivity index (χ1v) is 17.0. The van der Waals surface area contributed by atoms with E-state index in [0.717, 1.165) is 55.4 Å². The van der Waals surface area contributed by atoms with Gasteiger partial charge in [0, 0.05) is 10.9 Å². The molecule has 0 aliphatic heterocycles. The zero-order valence-electron chi connectivity index (χ0n) is 27.9. The Morgan fingerprint density at radius 3 is 1.90 bits per heavy atom. The average Bonchev–Trinajstić information content (AvgIpc) is 3.85. The Hall–Kier alpha value is -5.94. The van der Waals surface area contributed by atoms with E-state index in [0.29, 0.717) is 11.5 Å². The second-order valence-corrected chi connectivity index (χ2v) is 13.4. The first-order valence-electron chi connectivity index (χ1n) is 17.0. The molecule has 9 rings (SSSR count). The summed E-state index contributed by atoms with van der Waals surface area (Å²) >= 11 is 0. The highest BCUT2D eigenvalue weighted by Gasteiger charge is 2.27. The largest absolute Gasteiger partial charge is 0.455 e. The van der Waals surface area contributed by atoms with E-state index in [2.05, 4.69) is 111 Å². The lowest BCUT2D eigenvalue weighted by molar-refractivity contribution is 0.622. The van der Waals surface area contributed by atoms with Crippen LogP contribution in [0.1, 0.15) is 50.7 Å². The summed E-state index contributed by atoms with van der Waals surface area (Å²) < 4.78 is 15.7. The predicted octanol–water partition coefficient (Wildman–Crippen LogP) is 12.3. The highest BCUT2D eigenvalue weighted by atomic mass is 16.4. The van der Waals surface area contributed by atoms with Crippen molar-refractivity contribution in [3.63, 3.8) is 0 Å². The van der Waals surface area contributed by atoms with Gasteiger partial charge in [0.05, 0.1) is 27.7 Å². The number of para-hydroxylation sites is 3. The average molecular weight is 638 g/mol. The topological polar surface area (TPSA) is 57.0 Å². The Morgan fingerprint density at radius 1 is 0.551 bits per heavy atom. The van der Waals surface area contributed by atoms with Gasteiger partial charge in [-0.2, -0.15) is 0 Å². The third-order valence-corrected chi connectivity index (χ3v) is 9.57. The molecule has 5 nitrogen and oxygen atoms in total. The van der Waals surface area contributed by atoms with E-state index in [9.17, 15) is 0 Å². The number of aromatic nitrogens is 3. The van der Waals surface area contributed by atoms with Crippen LogP contribution in [0.3, 0.4) is 0 Å². The van der Waals surface area contributed by atoms with Crippen LogP contribution in [0.15, 0.2) is 136 Å².